The second-order valence-electron chi connectivity index (χ2n) is 12.4. The first kappa shape index (κ1) is 35.7. The molecule has 0 unspecified atom stereocenters. The van der Waals surface area contributed by atoms with Crippen LogP contribution in [0.3, 0.4) is 0 Å². The van der Waals surface area contributed by atoms with Crippen LogP contribution >= 0.6 is 11.8 Å². The Morgan fingerprint density at radius 2 is 1.67 bits per heavy atom. The van der Waals surface area contributed by atoms with Gasteiger partial charge in [0.15, 0.2) is 0 Å². The molecule has 3 fully saturated rings. The summed E-state index contributed by atoms with van der Waals surface area (Å²) in [6.07, 6.45) is 5.92. The van der Waals surface area contributed by atoms with E-state index in [1.54, 1.807) is 17.8 Å². The summed E-state index contributed by atoms with van der Waals surface area (Å²) in [4.78, 5) is 61.7. The maximum Gasteiger partial charge on any atom is 0.328 e. The standard InChI is InChI=1S/C28H45NO4S.C4H4O4/c1-8-26(6)17-22(33-23(31)18-34-16-15-29(9-2)10-3)27(7)19(4)11-13-28(20(5)25(26)32)14-12-21(30)24(27)28;5-3(6)1-2-4(7)8/h8,19-20,22,24H,1,9-18H2,2-7H3;1-2H,(H,5,6)(H,7,8)/b;2-1+/t19-,20+,22-,24+,26-,27+,28+;/m1./s1. The number of allylic oxidation sites excluding steroid dienone is 1. The Balaban J connectivity index is 0.000000675. The van der Waals surface area contributed by atoms with Gasteiger partial charge < -0.3 is 19.8 Å². The molecule has 2 N–H and O–H groups in total. The topological polar surface area (TPSA) is 138 Å². The van der Waals surface area contributed by atoms with Gasteiger partial charge in [0, 0.05) is 60.0 Å². The molecule has 0 radical (unpaired) electrons. The largest absolute Gasteiger partial charge is 0.478 e. The molecule has 3 aliphatic carbocycles. The van der Waals surface area contributed by atoms with E-state index in [1.807, 2.05) is 13.8 Å². The highest BCUT2D eigenvalue weighted by Crippen LogP contribution is 2.67. The molecule has 2 bridgehead atoms. The van der Waals surface area contributed by atoms with Crippen molar-refractivity contribution >= 4 is 41.2 Å². The Kier molecular flexibility index (Phi) is 12.6. The van der Waals surface area contributed by atoms with Gasteiger partial charge in [0.25, 0.3) is 0 Å². The number of esters is 1. The summed E-state index contributed by atoms with van der Waals surface area (Å²) < 4.78 is 6.25. The predicted molar refractivity (Wildman–Crippen MR) is 163 cm³/mol. The lowest BCUT2D eigenvalue weighted by atomic mass is 9.44. The molecule has 0 aliphatic heterocycles. The number of rotatable bonds is 11. The number of Topliss-reactive ketones (excluding diaryl/α,β-unsaturated/α-hetero) is 2. The second kappa shape index (κ2) is 14.8. The van der Waals surface area contributed by atoms with Crippen molar-refractivity contribution in [2.45, 2.75) is 79.8 Å². The molecule has 3 rings (SSSR count). The van der Waals surface area contributed by atoms with Crippen LogP contribution in [0.25, 0.3) is 0 Å². The molecule has 0 aromatic carbocycles. The summed E-state index contributed by atoms with van der Waals surface area (Å²) in [6, 6.07) is 0. The number of hydrogen-bond acceptors (Lipinski definition) is 8. The number of carbonyl (C=O) groups excluding carboxylic acids is 3. The quantitative estimate of drug-likeness (QED) is 0.145. The third-order valence-electron chi connectivity index (χ3n) is 10.3. The van der Waals surface area contributed by atoms with Crippen LogP contribution in [-0.4, -0.2) is 81.8 Å². The van der Waals surface area contributed by atoms with Crippen molar-refractivity contribution < 1.29 is 38.9 Å². The maximum absolute atomic E-state index is 13.8. The number of aliphatic carboxylic acids is 2. The summed E-state index contributed by atoms with van der Waals surface area (Å²) in [6.45, 7) is 19.6. The van der Waals surface area contributed by atoms with Gasteiger partial charge in [0.2, 0.25) is 0 Å². The minimum atomic E-state index is -1.26. The van der Waals surface area contributed by atoms with Crippen LogP contribution in [0.5, 0.6) is 0 Å². The maximum atomic E-state index is 13.8. The SMILES string of the molecule is C=C[C@]1(C)C[C@@H](OC(=O)CSCCN(CC)CC)[C@]2(C)[C@H](C)CC[C@]3(CCC(=O)[C@H]32)[C@@H](C)C1=O.O=C(O)/C=C/C(=O)O. The molecular weight excluding hydrogens is 558 g/mol. The Labute approximate surface area is 254 Å². The lowest BCUT2D eigenvalue weighted by Gasteiger charge is -2.60. The van der Waals surface area contributed by atoms with E-state index in [4.69, 9.17) is 14.9 Å². The van der Waals surface area contributed by atoms with Gasteiger partial charge in [0.05, 0.1) is 5.75 Å². The molecule has 0 spiro atoms. The lowest BCUT2D eigenvalue weighted by molar-refractivity contribution is -0.191. The molecule has 10 heteroatoms. The average Bonchev–Trinajstić information content (AvgIpc) is 3.30. The minimum absolute atomic E-state index is 0.147. The molecular formula is C32H49NO8S. The zero-order chi connectivity index (χ0) is 31.9. The van der Waals surface area contributed by atoms with Crippen LogP contribution in [0, 0.1) is 34.0 Å². The van der Waals surface area contributed by atoms with Crippen molar-refractivity contribution in [3.8, 4) is 0 Å². The van der Waals surface area contributed by atoms with Crippen molar-refractivity contribution in [1.82, 2.24) is 4.90 Å². The number of carbonyl (C=O) groups is 5. The van der Waals surface area contributed by atoms with Gasteiger partial charge in [-0.25, -0.2) is 9.59 Å². The molecule has 3 saturated carbocycles. The van der Waals surface area contributed by atoms with Gasteiger partial charge in [0.1, 0.15) is 17.7 Å². The number of hydrogen-bond donors (Lipinski definition) is 2. The van der Waals surface area contributed by atoms with E-state index >= 15 is 0 Å². The lowest BCUT2D eigenvalue weighted by Crippen LogP contribution is -2.62. The molecule has 0 heterocycles. The van der Waals surface area contributed by atoms with Gasteiger partial charge in [-0.1, -0.05) is 40.7 Å². The Hall–Kier alpha value is -2.46. The third kappa shape index (κ3) is 7.54. The highest BCUT2D eigenvalue weighted by Gasteiger charge is 2.68. The first-order valence-electron chi connectivity index (χ1n) is 15.0. The van der Waals surface area contributed by atoms with Crippen LogP contribution in [0.2, 0.25) is 0 Å². The molecule has 42 heavy (non-hydrogen) atoms. The minimum Gasteiger partial charge on any atom is -0.478 e. The van der Waals surface area contributed by atoms with Gasteiger partial charge in [-0.05, 0) is 50.6 Å². The van der Waals surface area contributed by atoms with Gasteiger partial charge >= 0.3 is 17.9 Å². The van der Waals surface area contributed by atoms with E-state index in [0.29, 0.717) is 30.7 Å². The van der Waals surface area contributed by atoms with Gasteiger partial charge in [-0.3, -0.25) is 14.4 Å². The van der Waals surface area contributed by atoms with Gasteiger partial charge in [-0.2, -0.15) is 0 Å². The number of thioether (sulfide) groups is 1. The number of ether oxygens (including phenoxy) is 1. The van der Waals surface area contributed by atoms with Crippen molar-refractivity contribution in [3.63, 3.8) is 0 Å². The van der Waals surface area contributed by atoms with Crippen molar-refractivity contribution in [1.29, 1.82) is 0 Å². The van der Waals surface area contributed by atoms with Crippen LogP contribution in [0.1, 0.15) is 73.6 Å². The second-order valence-corrected chi connectivity index (χ2v) is 13.5. The monoisotopic (exact) mass is 607 g/mol. The highest BCUT2D eigenvalue weighted by molar-refractivity contribution is 7.99. The Bertz CT molecular complexity index is 1050. The molecule has 9 nitrogen and oxygen atoms in total. The van der Waals surface area contributed by atoms with Crippen LogP contribution in [0.4, 0.5) is 0 Å². The van der Waals surface area contributed by atoms with E-state index in [0.717, 1.165) is 44.6 Å². The fraction of sp³-hybridized carbons (Fsp3) is 0.719. The fourth-order valence-corrected chi connectivity index (χ4v) is 8.27. The van der Waals surface area contributed by atoms with E-state index in [1.165, 1.54) is 0 Å². The molecule has 0 amide bonds. The van der Waals surface area contributed by atoms with E-state index in [-0.39, 0.29) is 40.7 Å². The summed E-state index contributed by atoms with van der Waals surface area (Å²) >= 11 is 1.60. The summed E-state index contributed by atoms with van der Waals surface area (Å²) in [5.41, 5.74) is -1.59. The van der Waals surface area contributed by atoms with Crippen molar-refractivity contribution in [3.05, 3.63) is 24.8 Å². The Morgan fingerprint density at radius 3 is 2.19 bits per heavy atom. The zero-order valence-corrected chi connectivity index (χ0v) is 26.8. The van der Waals surface area contributed by atoms with Crippen LogP contribution in [-0.2, 0) is 28.7 Å². The molecule has 236 valence electrons. The number of carboxylic acids is 2. The first-order valence-corrected chi connectivity index (χ1v) is 16.1. The van der Waals surface area contributed by atoms with Crippen LogP contribution in [0.15, 0.2) is 24.8 Å². The van der Waals surface area contributed by atoms with E-state index in [9.17, 15) is 24.0 Å². The van der Waals surface area contributed by atoms with E-state index in [2.05, 4.69) is 39.2 Å². The number of carboxylic acid groups (broad SMARTS) is 2. The Morgan fingerprint density at radius 1 is 1.07 bits per heavy atom. The molecule has 0 aromatic rings. The number of ketones is 2. The molecule has 7 atom stereocenters. The average molecular weight is 608 g/mol. The number of nitrogens with zero attached hydrogens (tertiary/aromatic N) is 1. The highest BCUT2D eigenvalue weighted by atomic mass is 32.2. The van der Waals surface area contributed by atoms with E-state index < -0.39 is 28.9 Å². The normalized spacial score (nSPS) is 34.2. The summed E-state index contributed by atoms with van der Waals surface area (Å²) in [5, 5.41) is 15.6. The fourth-order valence-electron chi connectivity index (χ4n) is 7.51. The van der Waals surface area contributed by atoms with Crippen LogP contribution < -0.4 is 0 Å². The molecule has 3 aliphatic rings. The zero-order valence-electron chi connectivity index (χ0n) is 26.0. The third-order valence-corrected chi connectivity index (χ3v) is 11.3. The molecule has 0 aromatic heterocycles. The molecule has 0 saturated heterocycles. The van der Waals surface area contributed by atoms with Crippen molar-refractivity contribution in [2.24, 2.45) is 34.0 Å². The summed E-state index contributed by atoms with van der Waals surface area (Å²) in [7, 11) is 0. The van der Waals surface area contributed by atoms with Crippen molar-refractivity contribution in [2.75, 3.05) is 31.1 Å². The smallest absolute Gasteiger partial charge is 0.328 e. The summed E-state index contributed by atoms with van der Waals surface area (Å²) in [5.74, 6) is -1.39. The first-order chi connectivity index (χ1) is 19.6. The van der Waals surface area contributed by atoms with Gasteiger partial charge in [-0.15, -0.1) is 18.3 Å². The predicted octanol–water partition coefficient (Wildman–Crippen LogP) is 4.89.